The summed E-state index contributed by atoms with van der Waals surface area (Å²) in [6.07, 6.45) is 4.81. The minimum atomic E-state index is -0.638. The van der Waals surface area contributed by atoms with Gasteiger partial charge in [0.1, 0.15) is 28.2 Å². The minimum absolute atomic E-state index is 0.0274. The molecule has 0 spiro atoms. The molecule has 3 aromatic carbocycles. The van der Waals surface area contributed by atoms with E-state index in [0.717, 1.165) is 41.8 Å². The van der Waals surface area contributed by atoms with Crippen LogP contribution in [0.4, 0.5) is 0 Å². The van der Waals surface area contributed by atoms with Gasteiger partial charge in [0, 0.05) is 60.3 Å². The number of aromatic nitrogens is 1. The number of carbonyl (C=O) groups excluding carboxylic acids is 1. The molecule has 196 valence electrons. The lowest BCUT2D eigenvalue weighted by atomic mass is 9.85. The monoisotopic (exact) mass is 520 g/mol. The van der Waals surface area contributed by atoms with Gasteiger partial charge in [0.25, 0.3) is 0 Å². The van der Waals surface area contributed by atoms with Crippen molar-refractivity contribution in [3.05, 3.63) is 100 Å². The van der Waals surface area contributed by atoms with Crippen molar-refractivity contribution in [2.45, 2.75) is 31.6 Å². The van der Waals surface area contributed by atoms with Gasteiger partial charge in [-0.3, -0.25) is 14.6 Å². The lowest BCUT2D eigenvalue weighted by Crippen LogP contribution is -2.36. The van der Waals surface area contributed by atoms with E-state index in [2.05, 4.69) is 4.98 Å². The summed E-state index contributed by atoms with van der Waals surface area (Å²) in [5.41, 5.74) is 2.20. The van der Waals surface area contributed by atoms with E-state index in [1.807, 2.05) is 65.6 Å². The number of phenols is 2. The molecular formula is C32H28N2O5. The third kappa shape index (κ3) is 4.72. The zero-order valence-corrected chi connectivity index (χ0v) is 21.3. The number of fused-ring (bicyclic) bond motifs is 2. The van der Waals surface area contributed by atoms with E-state index in [0.29, 0.717) is 30.0 Å². The first-order valence-electron chi connectivity index (χ1n) is 13.2. The van der Waals surface area contributed by atoms with Crippen molar-refractivity contribution in [1.29, 1.82) is 0 Å². The number of rotatable bonds is 5. The lowest BCUT2D eigenvalue weighted by Gasteiger charge is -2.29. The van der Waals surface area contributed by atoms with Crippen molar-refractivity contribution in [3.63, 3.8) is 0 Å². The Kier molecular flexibility index (Phi) is 6.49. The molecule has 5 aromatic rings. The van der Waals surface area contributed by atoms with Crippen molar-refractivity contribution >= 4 is 27.8 Å². The standard InChI is InChI=1S/C32H28N2O5/c35-25-18-26(36)31-27(37)19-28(20-8-3-1-4-9-20)39-32(31)30(25)23(17-29(38)34-14-5-2-6-15-34)21-11-12-24-22(16-21)10-7-13-33-24/h1,3-4,7-13,16,18-19,23,35-36H,2,5-6,14-15,17H2/t23-/m1/s1. The molecule has 1 aliphatic heterocycles. The van der Waals surface area contributed by atoms with Crippen LogP contribution >= 0.6 is 0 Å². The smallest absolute Gasteiger partial charge is 0.223 e. The first-order valence-corrected chi connectivity index (χ1v) is 13.2. The van der Waals surface area contributed by atoms with Crippen LogP contribution in [0.2, 0.25) is 0 Å². The Labute approximate surface area is 225 Å². The van der Waals surface area contributed by atoms with Crippen LogP contribution in [0, 0.1) is 0 Å². The Balaban J connectivity index is 1.58. The number of amides is 1. The third-order valence-corrected chi connectivity index (χ3v) is 7.52. The largest absolute Gasteiger partial charge is 0.507 e. The molecule has 0 bridgehead atoms. The molecule has 0 aliphatic carbocycles. The Morgan fingerprint density at radius 2 is 1.72 bits per heavy atom. The number of likely N-dealkylation sites (tertiary alicyclic amines) is 1. The SMILES string of the molecule is O=C(C[C@H](c1ccc2ncccc2c1)c1c(O)cc(O)c2c(=O)cc(-c3ccccc3)oc12)N1CCCCC1. The Hall–Kier alpha value is -4.65. The van der Waals surface area contributed by atoms with Crippen molar-refractivity contribution < 1.29 is 19.4 Å². The molecule has 0 saturated carbocycles. The molecule has 1 fully saturated rings. The molecular weight excluding hydrogens is 492 g/mol. The second kappa shape index (κ2) is 10.3. The highest BCUT2D eigenvalue weighted by Gasteiger charge is 2.30. The maximum absolute atomic E-state index is 13.6. The fourth-order valence-corrected chi connectivity index (χ4v) is 5.55. The summed E-state index contributed by atoms with van der Waals surface area (Å²) in [5, 5.41) is 22.8. The normalized spacial score (nSPS) is 14.5. The molecule has 7 nitrogen and oxygen atoms in total. The van der Waals surface area contributed by atoms with Crippen molar-refractivity contribution in [1.82, 2.24) is 9.88 Å². The van der Waals surface area contributed by atoms with E-state index in [1.165, 1.54) is 6.07 Å². The predicted octanol–water partition coefficient (Wildman–Crippen LogP) is 5.95. The number of benzene rings is 3. The van der Waals surface area contributed by atoms with Crippen LogP contribution in [0.25, 0.3) is 33.2 Å². The van der Waals surface area contributed by atoms with Crippen molar-refractivity contribution in [2.75, 3.05) is 13.1 Å². The highest BCUT2D eigenvalue weighted by atomic mass is 16.3. The third-order valence-electron chi connectivity index (χ3n) is 7.52. The number of piperidine rings is 1. The quantitative estimate of drug-likeness (QED) is 0.297. The molecule has 0 radical (unpaired) electrons. The maximum Gasteiger partial charge on any atom is 0.223 e. The van der Waals surface area contributed by atoms with Crippen LogP contribution in [-0.2, 0) is 4.79 Å². The first kappa shape index (κ1) is 24.7. The van der Waals surface area contributed by atoms with Gasteiger partial charge >= 0.3 is 0 Å². The minimum Gasteiger partial charge on any atom is -0.507 e. The topological polar surface area (TPSA) is 104 Å². The number of aromatic hydroxyl groups is 2. The Morgan fingerprint density at radius 3 is 2.51 bits per heavy atom. The summed E-state index contributed by atoms with van der Waals surface area (Å²) in [7, 11) is 0. The van der Waals surface area contributed by atoms with Crippen LogP contribution in [0.3, 0.4) is 0 Å². The van der Waals surface area contributed by atoms with Gasteiger partial charge in [0.15, 0.2) is 5.43 Å². The highest BCUT2D eigenvalue weighted by molar-refractivity contribution is 5.91. The second-order valence-electron chi connectivity index (χ2n) is 10.0. The zero-order valence-electron chi connectivity index (χ0n) is 21.3. The average molecular weight is 521 g/mol. The maximum atomic E-state index is 13.6. The van der Waals surface area contributed by atoms with E-state index in [-0.39, 0.29) is 34.8 Å². The first-order chi connectivity index (χ1) is 19.0. The van der Waals surface area contributed by atoms with Crippen LogP contribution in [-0.4, -0.2) is 39.1 Å². The highest BCUT2D eigenvalue weighted by Crippen LogP contribution is 2.43. The average Bonchev–Trinajstić information content (AvgIpc) is 2.96. The molecule has 0 unspecified atom stereocenters. The zero-order chi connectivity index (χ0) is 26.9. The molecule has 6 rings (SSSR count). The molecule has 2 N–H and O–H groups in total. The van der Waals surface area contributed by atoms with Crippen LogP contribution < -0.4 is 5.43 Å². The molecule has 1 atom stereocenters. The van der Waals surface area contributed by atoms with Gasteiger partial charge < -0.3 is 19.5 Å². The van der Waals surface area contributed by atoms with Gasteiger partial charge in [-0.1, -0.05) is 42.5 Å². The van der Waals surface area contributed by atoms with Gasteiger partial charge in [0.2, 0.25) is 5.91 Å². The number of hydrogen-bond donors (Lipinski definition) is 2. The molecule has 2 aromatic heterocycles. The number of phenolic OH excluding ortho intramolecular Hbond substituents is 2. The molecule has 1 aliphatic rings. The molecule has 7 heteroatoms. The fourth-order valence-electron chi connectivity index (χ4n) is 5.55. The summed E-state index contributed by atoms with van der Waals surface area (Å²) < 4.78 is 6.28. The van der Waals surface area contributed by atoms with Gasteiger partial charge in [-0.25, -0.2) is 0 Å². The molecule has 39 heavy (non-hydrogen) atoms. The van der Waals surface area contributed by atoms with Crippen LogP contribution in [0.15, 0.2) is 88.2 Å². The van der Waals surface area contributed by atoms with Gasteiger partial charge in [-0.2, -0.15) is 0 Å². The Morgan fingerprint density at radius 1 is 0.923 bits per heavy atom. The molecule has 1 amide bonds. The second-order valence-corrected chi connectivity index (χ2v) is 10.0. The van der Waals surface area contributed by atoms with Gasteiger partial charge in [-0.05, 0) is 43.0 Å². The number of carbonyl (C=O) groups is 1. The number of hydrogen-bond acceptors (Lipinski definition) is 6. The fraction of sp³-hybridized carbons (Fsp3) is 0.219. The predicted molar refractivity (Wildman–Crippen MR) is 150 cm³/mol. The van der Waals surface area contributed by atoms with E-state index < -0.39 is 11.3 Å². The van der Waals surface area contributed by atoms with E-state index in [4.69, 9.17) is 4.42 Å². The van der Waals surface area contributed by atoms with Crippen molar-refractivity contribution in [2.24, 2.45) is 0 Å². The molecule has 3 heterocycles. The number of pyridine rings is 1. The summed E-state index contributed by atoms with van der Waals surface area (Å²) in [6, 6.07) is 21.2. The summed E-state index contributed by atoms with van der Waals surface area (Å²) in [5.74, 6) is -0.975. The van der Waals surface area contributed by atoms with E-state index in [1.54, 1.807) is 6.20 Å². The summed E-state index contributed by atoms with van der Waals surface area (Å²) >= 11 is 0. The molecule has 1 saturated heterocycles. The van der Waals surface area contributed by atoms with Crippen molar-refractivity contribution in [3.8, 4) is 22.8 Å². The Bertz CT molecular complexity index is 1740. The van der Waals surface area contributed by atoms with Gasteiger partial charge in [0.05, 0.1) is 5.52 Å². The van der Waals surface area contributed by atoms with E-state index in [9.17, 15) is 19.8 Å². The summed E-state index contributed by atoms with van der Waals surface area (Å²) in [6.45, 7) is 1.39. The van der Waals surface area contributed by atoms with E-state index >= 15 is 0 Å². The lowest BCUT2D eigenvalue weighted by molar-refractivity contribution is -0.132. The number of nitrogens with zero attached hydrogens (tertiary/aromatic N) is 2. The van der Waals surface area contributed by atoms with Crippen LogP contribution in [0.1, 0.15) is 42.7 Å². The summed E-state index contributed by atoms with van der Waals surface area (Å²) in [4.78, 5) is 33.1. The van der Waals surface area contributed by atoms with Crippen LogP contribution in [0.5, 0.6) is 11.5 Å². The van der Waals surface area contributed by atoms with Gasteiger partial charge in [-0.15, -0.1) is 0 Å².